The van der Waals surface area contributed by atoms with E-state index in [4.69, 9.17) is 0 Å². The van der Waals surface area contributed by atoms with E-state index in [1.807, 2.05) is 6.92 Å². The summed E-state index contributed by atoms with van der Waals surface area (Å²) in [5.74, 6) is 1.02. The summed E-state index contributed by atoms with van der Waals surface area (Å²) in [6, 6.07) is 0. The fraction of sp³-hybridized carbons (Fsp3) is 0.474. The Morgan fingerprint density at radius 2 is 1.89 bits per heavy atom. The molecule has 0 saturated carbocycles. The third-order valence-corrected chi connectivity index (χ3v) is 6.29. The highest BCUT2D eigenvalue weighted by Gasteiger charge is 2.39. The average molecular weight is 416 g/mol. The van der Waals surface area contributed by atoms with Crippen LogP contribution in [-0.4, -0.2) is 48.8 Å². The van der Waals surface area contributed by atoms with E-state index in [0.717, 1.165) is 39.3 Å². The molecule has 0 bridgehead atoms. The third-order valence-electron chi connectivity index (χ3n) is 4.99. The van der Waals surface area contributed by atoms with Crippen LogP contribution >= 0.6 is 11.3 Å². The van der Waals surface area contributed by atoms with Crippen LogP contribution in [0.15, 0.2) is 31.4 Å². The molecule has 1 N–H and O–H groups in total. The molecule has 0 aromatic carbocycles. The van der Waals surface area contributed by atoms with Crippen LogP contribution in [-0.2, 0) is 6.54 Å². The lowest BCUT2D eigenvalue weighted by atomic mass is 10.0. The van der Waals surface area contributed by atoms with Crippen molar-refractivity contribution in [2.75, 3.05) is 37.8 Å². The predicted molar refractivity (Wildman–Crippen MR) is 105 cm³/mol. The first kappa shape index (κ1) is 20.6. The molecule has 0 radical (unpaired) electrons. The molecule has 0 atom stereocenters. The van der Waals surface area contributed by atoms with Crippen molar-refractivity contribution in [3.05, 3.63) is 47.4 Å². The molecule has 0 amide bonds. The monoisotopic (exact) mass is 416 g/mol. The van der Waals surface area contributed by atoms with Gasteiger partial charge in [-0.3, -0.25) is 4.39 Å². The van der Waals surface area contributed by atoms with Gasteiger partial charge in [-0.2, -0.15) is 13.2 Å². The molecule has 9 heteroatoms. The molecule has 2 aliphatic heterocycles. The number of anilines is 1. The number of alkyl halides is 4. The van der Waals surface area contributed by atoms with Crippen LogP contribution in [0.2, 0.25) is 0 Å². The second-order valence-corrected chi connectivity index (χ2v) is 7.97. The quantitative estimate of drug-likeness (QED) is 0.693. The molecule has 4 nitrogen and oxygen atoms in total. The molecule has 1 aromatic heterocycles. The Hall–Kier alpha value is -2.16. The van der Waals surface area contributed by atoms with E-state index < -0.39 is 19.4 Å². The highest BCUT2D eigenvalue weighted by Crippen LogP contribution is 2.48. The molecule has 0 spiro atoms. The molecule has 2 aliphatic rings. The van der Waals surface area contributed by atoms with Crippen molar-refractivity contribution in [3.63, 3.8) is 0 Å². The summed E-state index contributed by atoms with van der Waals surface area (Å²) in [5, 5.41) is 3.96. The van der Waals surface area contributed by atoms with E-state index in [1.165, 1.54) is 11.3 Å². The molecule has 1 fully saturated rings. The van der Waals surface area contributed by atoms with Crippen molar-refractivity contribution < 1.29 is 17.6 Å². The Labute approximate surface area is 166 Å². The van der Waals surface area contributed by atoms with E-state index in [0.29, 0.717) is 12.1 Å². The van der Waals surface area contributed by atoms with Crippen LogP contribution in [0.3, 0.4) is 0 Å². The van der Waals surface area contributed by atoms with Crippen molar-refractivity contribution in [1.82, 2.24) is 15.1 Å². The predicted octanol–water partition coefficient (Wildman–Crippen LogP) is 4.42. The first-order chi connectivity index (χ1) is 13.1. The highest BCUT2D eigenvalue weighted by atomic mass is 32.1. The molecule has 3 rings (SSSR count). The SMILES string of the molecule is C=C1NCCN1Cc1sc2c(c1C)C(=C)N(CC(F)(F)F)C(=C)N2CCCF. The van der Waals surface area contributed by atoms with Crippen LogP contribution in [0.1, 0.15) is 22.4 Å². The Morgan fingerprint density at radius 3 is 2.46 bits per heavy atom. The number of nitrogens with one attached hydrogen (secondary N) is 1. The van der Waals surface area contributed by atoms with Crippen LogP contribution < -0.4 is 10.2 Å². The van der Waals surface area contributed by atoms with Crippen LogP contribution in [0.5, 0.6) is 0 Å². The minimum atomic E-state index is -4.40. The van der Waals surface area contributed by atoms with Gasteiger partial charge in [0.05, 0.1) is 19.0 Å². The molecule has 1 saturated heterocycles. The fourth-order valence-corrected chi connectivity index (χ4v) is 4.91. The van der Waals surface area contributed by atoms with Gasteiger partial charge in [-0.1, -0.05) is 19.7 Å². The summed E-state index contributed by atoms with van der Waals surface area (Å²) in [6.07, 6.45) is -4.19. The Kier molecular flexibility index (Phi) is 5.65. The molecule has 28 heavy (non-hydrogen) atoms. The zero-order valence-corrected chi connectivity index (χ0v) is 16.6. The van der Waals surface area contributed by atoms with Crippen molar-refractivity contribution in [3.8, 4) is 0 Å². The van der Waals surface area contributed by atoms with Gasteiger partial charge < -0.3 is 20.0 Å². The maximum Gasteiger partial charge on any atom is 0.406 e. The number of fused-ring (bicyclic) bond motifs is 1. The molecule has 3 heterocycles. The summed E-state index contributed by atoms with van der Waals surface area (Å²) in [4.78, 5) is 5.90. The molecule has 154 valence electrons. The summed E-state index contributed by atoms with van der Waals surface area (Å²) in [5.41, 5.74) is 1.87. The lowest BCUT2D eigenvalue weighted by molar-refractivity contribution is -0.136. The van der Waals surface area contributed by atoms with Gasteiger partial charge in [0.1, 0.15) is 17.4 Å². The molecular formula is C19H24F4N4S. The molecule has 0 aliphatic carbocycles. The van der Waals surface area contributed by atoms with Crippen LogP contribution in [0.4, 0.5) is 22.6 Å². The molecule has 0 unspecified atom stereocenters. The zero-order chi connectivity index (χ0) is 20.6. The summed E-state index contributed by atoms with van der Waals surface area (Å²) < 4.78 is 52.2. The molecule has 1 aromatic rings. The van der Waals surface area contributed by atoms with Crippen molar-refractivity contribution >= 4 is 22.0 Å². The second kappa shape index (κ2) is 7.69. The number of thiophene rings is 1. The molecular weight excluding hydrogens is 392 g/mol. The topological polar surface area (TPSA) is 21.8 Å². The van der Waals surface area contributed by atoms with Crippen molar-refractivity contribution in [2.45, 2.75) is 26.1 Å². The normalized spacial score (nSPS) is 17.5. The van der Waals surface area contributed by atoms with Crippen molar-refractivity contribution in [1.29, 1.82) is 0 Å². The first-order valence-electron chi connectivity index (χ1n) is 9.00. The Bertz CT molecular complexity index is 799. The van der Waals surface area contributed by atoms with Gasteiger partial charge in [-0.05, 0) is 18.9 Å². The van der Waals surface area contributed by atoms with Gasteiger partial charge in [-0.15, -0.1) is 11.3 Å². The minimum Gasteiger partial charge on any atom is -0.370 e. The summed E-state index contributed by atoms with van der Waals surface area (Å²) in [6.45, 7) is 14.5. The lowest BCUT2D eigenvalue weighted by Gasteiger charge is -2.41. The standard InChI is InChI=1S/C19H24F4N4S/c1-12-16(10-25-9-7-24-14(25)3)28-18-17(12)13(2)27(11-19(21,22)23)15(4)26(18)8-5-6-20/h24H,2-11H2,1H3. The average Bonchev–Trinajstić information content (AvgIpc) is 3.15. The van der Waals surface area contributed by atoms with Crippen LogP contribution in [0.25, 0.3) is 5.70 Å². The van der Waals surface area contributed by atoms with Crippen molar-refractivity contribution in [2.24, 2.45) is 0 Å². The Morgan fingerprint density at radius 1 is 1.18 bits per heavy atom. The third kappa shape index (κ3) is 3.85. The lowest BCUT2D eigenvalue weighted by Crippen LogP contribution is -2.42. The smallest absolute Gasteiger partial charge is 0.370 e. The van der Waals surface area contributed by atoms with Gasteiger partial charge in [-0.25, -0.2) is 0 Å². The number of rotatable bonds is 6. The van der Waals surface area contributed by atoms with Gasteiger partial charge in [0.2, 0.25) is 0 Å². The first-order valence-corrected chi connectivity index (χ1v) is 9.81. The maximum absolute atomic E-state index is 13.1. The van der Waals surface area contributed by atoms with E-state index in [-0.39, 0.29) is 24.5 Å². The highest BCUT2D eigenvalue weighted by molar-refractivity contribution is 7.16. The number of hydrogen-bond donors (Lipinski definition) is 1. The van der Waals surface area contributed by atoms with Crippen LogP contribution in [0, 0.1) is 6.92 Å². The zero-order valence-electron chi connectivity index (χ0n) is 15.8. The minimum absolute atomic E-state index is 0.184. The number of halogens is 4. The van der Waals surface area contributed by atoms with E-state index in [1.54, 1.807) is 4.90 Å². The van der Waals surface area contributed by atoms with E-state index in [9.17, 15) is 17.6 Å². The van der Waals surface area contributed by atoms with E-state index >= 15 is 0 Å². The van der Waals surface area contributed by atoms with Gasteiger partial charge in [0, 0.05) is 35.8 Å². The largest absolute Gasteiger partial charge is 0.406 e. The second-order valence-electron chi connectivity index (χ2n) is 6.88. The fourth-order valence-electron chi connectivity index (χ4n) is 3.52. The summed E-state index contributed by atoms with van der Waals surface area (Å²) in [7, 11) is 0. The number of hydrogen-bond acceptors (Lipinski definition) is 5. The summed E-state index contributed by atoms with van der Waals surface area (Å²) >= 11 is 1.50. The van der Waals surface area contributed by atoms with Gasteiger partial charge in [0.25, 0.3) is 0 Å². The van der Waals surface area contributed by atoms with Gasteiger partial charge >= 0.3 is 6.18 Å². The number of nitrogens with zero attached hydrogens (tertiary/aromatic N) is 3. The Balaban J connectivity index is 1.99. The van der Waals surface area contributed by atoms with E-state index in [2.05, 4.69) is 30.0 Å². The van der Waals surface area contributed by atoms with Gasteiger partial charge in [0.15, 0.2) is 0 Å². The maximum atomic E-state index is 13.1.